The Hall–Kier alpha value is -3.86. The van der Waals surface area contributed by atoms with Gasteiger partial charge in [-0.15, -0.1) is 0 Å². The van der Waals surface area contributed by atoms with Gasteiger partial charge in [0, 0.05) is 97.2 Å². The van der Waals surface area contributed by atoms with Crippen LogP contribution >= 0.6 is 0 Å². The Morgan fingerprint density at radius 1 is 0.922 bits per heavy atom. The molecule has 0 bridgehead atoms. The van der Waals surface area contributed by atoms with Gasteiger partial charge in [0.15, 0.2) is 6.10 Å². The number of likely N-dealkylation sites (tertiary alicyclic amines) is 2. The van der Waals surface area contributed by atoms with E-state index >= 15 is 0 Å². The number of nitrogens with one attached hydrogen (secondary N) is 1. The second-order valence-electron chi connectivity index (χ2n) is 14.2. The minimum absolute atomic E-state index is 0.0116. The summed E-state index contributed by atoms with van der Waals surface area (Å²) >= 11 is 0. The molecule has 276 valence electrons. The highest BCUT2D eigenvalue weighted by atomic mass is 32.2. The third-order valence-corrected chi connectivity index (χ3v) is 12.8. The fraction of sp³-hybridized carbons (Fsp3) is 0.571. The van der Waals surface area contributed by atoms with E-state index in [1.165, 1.54) is 8.61 Å². The highest BCUT2D eigenvalue weighted by molar-refractivity contribution is 7.86. The maximum atomic E-state index is 14.0. The molecule has 0 aromatic heterocycles. The summed E-state index contributed by atoms with van der Waals surface area (Å²) in [5.74, 6) is -0.0872. The first-order valence-electron chi connectivity index (χ1n) is 18.0. The van der Waals surface area contributed by atoms with E-state index in [0.717, 1.165) is 36.1 Å². The van der Waals surface area contributed by atoms with Crippen molar-refractivity contribution >= 4 is 47.2 Å². The van der Waals surface area contributed by atoms with Crippen LogP contribution in [0.1, 0.15) is 36.8 Å². The van der Waals surface area contributed by atoms with E-state index in [0.29, 0.717) is 77.2 Å². The van der Waals surface area contributed by atoms with Crippen molar-refractivity contribution in [3.63, 3.8) is 0 Å². The molecule has 4 aliphatic heterocycles. The zero-order chi connectivity index (χ0) is 36.3. The number of hydrogen-bond donors (Lipinski definition) is 2. The maximum absolute atomic E-state index is 14.0. The Kier molecular flexibility index (Phi) is 11.4. The highest BCUT2D eigenvalue weighted by Gasteiger charge is 2.37. The molecular weight excluding hydrogens is 673 g/mol. The molecule has 16 heteroatoms. The Morgan fingerprint density at radius 2 is 1.57 bits per heavy atom. The number of phenolic OH excluding ortho intramolecular Hbond substituents is 1. The van der Waals surface area contributed by atoms with Crippen LogP contribution in [0.4, 0.5) is 15.3 Å². The first-order valence-corrected chi connectivity index (χ1v) is 19.4. The molecule has 4 amide bonds. The fourth-order valence-electron chi connectivity index (χ4n) is 7.72. The van der Waals surface area contributed by atoms with Crippen molar-refractivity contribution in [1.29, 1.82) is 0 Å². The Balaban J connectivity index is 1.05. The number of phenols is 1. The first-order chi connectivity index (χ1) is 24.4. The first kappa shape index (κ1) is 36.9. The van der Waals surface area contributed by atoms with Gasteiger partial charge >= 0.3 is 12.1 Å². The van der Waals surface area contributed by atoms with E-state index in [1.807, 2.05) is 35.2 Å². The van der Waals surface area contributed by atoms with Gasteiger partial charge in [-0.1, -0.05) is 30.3 Å². The summed E-state index contributed by atoms with van der Waals surface area (Å²) in [6.07, 6.45) is 2.06. The van der Waals surface area contributed by atoms with Crippen molar-refractivity contribution in [2.75, 3.05) is 78.3 Å². The van der Waals surface area contributed by atoms with Gasteiger partial charge in [-0.2, -0.15) is 17.0 Å². The average Bonchev–Trinajstić information content (AvgIpc) is 3.30. The number of anilines is 1. The second kappa shape index (κ2) is 15.8. The third kappa shape index (κ3) is 8.45. The van der Waals surface area contributed by atoms with Crippen LogP contribution in [0.5, 0.6) is 5.75 Å². The van der Waals surface area contributed by atoms with Crippen LogP contribution in [-0.2, 0) is 32.6 Å². The summed E-state index contributed by atoms with van der Waals surface area (Å²) < 4.78 is 33.9. The number of ether oxygens (including phenoxy) is 1. The predicted octanol–water partition coefficient (Wildman–Crippen LogP) is 0.668. The van der Waals surface area contributed by atoms with Crippen LogP contribution < -0.4 is 10.8 Å². The molecule has 0 unspecified atom stereocenters. The summed E-state index contributed by atoms with van der Waals surface area (Å²) in [4.78, 5) is 48.3. The number of urea groups is 1. The molecule has 4 heterocycles. The number of fused-ring (bicyclic) bond motifs is 1. The highest BCUT2D eigenvalue weighted by Crippen LogP contribution is 2.26. The number of carbonyl (C=O) groups excluding carboxylic acids is 3. The normalized spacial score (nSPS) is 20.8. The van der Waals surface area contributed by atoms with Crippen molar-refractivity contribution in [1.82, 2.24) is 28.2 Å². The monoisotopic (exact) mass is 723 g/mol. The standard InChI is InChI=1S/C35H50BN7O7S/c1-38(2)51(48,49)42-21-19-39(20-22-42)27-10-14-40(15-11-27)33(45)32(24-25-7-8-31(44)29(36)23-25)50-35(47)41-16-12-28(13-17-41)43-18-9-26-5-3-4-6-30(26)37-34(43)46/h3-8,23,27-28,32,44H,9-22,24,36H2,1-2H3,(H,37,46)/t32-/m1/s1. The van der Waals surface area contributed by atoms with Crippen molar-refractivity contribution in [2.45, 2.75) is 56.7 Å². The predicted molar refractivity (Wildman–Crippen MR) is 196 cm³/mol. The third-order valence-electron chi connectivity index (χ3n) is 10.9. The molecule has 4 aliphatic rings. The van der Waals surface area contributed by atoms with Crippen molar-refractivity contribution in [3.05, 3.63) is 53.6 Å². The van der Waals surface area contributed by atoms with Gasteiger partial charge < -0.3 is 29.9 Å². The molecule has 3 saturated heterocycles. The minimum Gasteiger partial charge on any atom is -0.509 e. The van der Waals surface area contributed by atoms with Gasteiger partial charge in [0.05, 0.1) is 0 Å². The lowest BCUT2D eigenvalue weighted by Gasteiger charge is -2.43. The molecule has 0 aliphatic carbocycles. The summed E-state index contributed by atoms with van der Waals surface area (Å²) in [6, 6.07) is 13.1. The van der Waals surface area contributed by atoms with Crippen LogP contribution in [0.3, 0.4) is 0 Å². The summed E-state index contributed by atoms with van der Waals surface area (Å²) in [5.41, 5.74) is 3.40. The zero-order valence-electron chi connectivity index (χ0n) is 29.9. The lowest BCUT2D eigenvalue weighted by atomic mass is 9.91. The molecular formula is C35H50BN7O7S. The number of piperidine rings is 2. The topological polar surface area (TPSA) is 146 Å². The lowest BCUT2D eigenvalue weighted by Crippen LogP contribution is -2.57. The van der Waals surface area contributed by atoms with E-state index in [9.17, 15) is 27.9 Å². The smallest absolute Gasteiger partial charge is 0.410 e. The van der Waals surface area contributed by atoms with Gasteiger partial charge in [0.2, 0.25) is 0 Å². The van der Waals surface area contributed by atoms with Crippen LogP contribution in [0.25, 0.3) is 0 Å². The Morgan fingerprint density at radius 3 is 2.24 bits per heavy atom. The maximum Gasteiger partial charge on any atom is 0.410 e. The van der Waals surface area contributed by atoms with Gasteiger partial charge in [0.25, 0.3) is 16.1 Å². The van der Waals surface area contributed by atoms with Gasteiger partial charge in [-0.05, 0) is 60.8 Å². The molecule has 3 fully saturated rings. The van der Waals surface area contributed by atoms with Crippen LogP contribution in [0.15, 0.2) is 42.5 Å². The molecule has 6 rings (SSSR count). The molecule has 0 spiro atoms. The second-order valence-corrected chi connectivity index (χ2v) is 16.4. The molecule has 51 heavy (non-hydrogen) atoms. The van der Waals surface area contributed by atoms with E-state index in [2.05, 4.69) is 10.2 Å². The lowest BCUT2D eigenvalue weighted by molar-refractivity contribution is -0.142. The average molecular weight is 724 g/mol. The Labute approximate surface area is 301 Å². The molecule has 2 aromatic rings. The number of carbonyl (C=O) groups is 3. The largest absolute Gasteiger partial charge is 0.509 e. The summed E-state index contributed by atoms with van der Waals surface area (Å²) in [6.45, 7) is 4.58. The van der Waals surface area contributed by atoms with Gasteiger partial charge in [-0.25, -0.2) is 9.59 Å². The quantitative estimate of drug-likeness (QED) is 0.379. The number of amides is 4. The van der Waals surface area contributed by atoms with Gasteiger partial charge in [0.1, 0.15) is 13.6 Å². The number of nitrogens with zero attached hydrogens (tertiary/aromatic N) is 6. The summed E-state index contributed by atoms with van der Waals surface area (Å²) in [7, 11) is 1.43. The van der Waals surface area contributed by atoms with E-state index in [4.69, 9.17) is 4.74 Å². The zero-order valence-corrected chi connectivity index (χ0v) is 30.7. The summed E-state index contributed by atoms with van der Waals surface area (Å²) in [5, 5.41) is 13.1. The Bertz CT molecular complexity index is 1690. The van der Waals surface area contributed by atoms with E-state index in [1.54, 1.807) is 43.9 Å². The molecule has 14 nitrogen and oxygen atoms in total. The minimum atomic E-state index is -3.44. The van der Waals surface area contributed by atoms with Crippen molar-refractivity contribution < 1.29 is 32.6 Å². The number of piperazine rings is 1. The van der Waals surface area contributed by atoms with E-state index in [-0.39, 0.29) is 36.2 Å². The number of benzene rings is 2. The number of aromatic hydroxyl groups is 1. The molecule has 2 aromatic carbocycles. The number of para-hydroxylation sites is 1. The van der Waals surface area contributed by atoms with Crippen molar-refractivity contribution in [2.24, 2.45) is 0 Å². The van der Waals surface area contributed by atoms with Crippen LogP contribution in [0, 0.1) is 0 Å². The molecule has 0 saturated carbocycles. The van der Waals surface area contributed by atoms with Gasteiger partial charge in [-0.3, -0.25) is 9.69 Å². The SMILES string of the molecule is Bc1cc(C[C@@H](OC(=O)N2CCC(N3CCc4ccccc4NC3=O)CC2)C(=O)N2CCC(N3CCN(S(=O)(=O)N(C)C)CC3)CC2)ccc1O. The van der Waals surface area contributed by atoms with Crippen LogP contribution in [0.2, 0.25) is 0 Å². The number of rotatable bonds is 8. The molecule has 0 radical (unpaired) electrons. The number of hydrogen-bond acceptors (Lipinski definition) is 8. The molecule has 1 atom stereocenters. The van der Waals surface area contributed by atoms with E-state index < -0.39 is 22.4 Å². The van der Waals surface area contributed by atoms with Crippen molar-refractivity contribution in [3.8, 4) is 5.75 Å². The fourth-order valence-corrected chi connectivity index (χ4v) is 8.80. The molecule has 2 N–H and O–H groups in total. The van der Waals surface area contributed by atoms with Crippen LogP contribution in [-0.4, -0.2) is 159 Å².